The van der Waals surface area contributed by atoms with Gasteiger partial charge in [0.2, 0.25) is 0 Å². The molecule has 10 heavy (non-hydrogen) atoms. The summed E-state index contributed by atoms with van der Waals surface area (Å²) in [6.07, 6.45) is 5.59. The summed E-state index contributed by atoms with van der Waals surface area (Å²) in [5.41, 5.74) is -0.403. The van der Waals surface area contributed by atoms with Crippen molar-refractivity contribution in [3.63, 3.8) is 0 Å². The van der Waals surface area contributed by atoms with E-state index < -0.39 is 5.60 Å². The van der Waals surface area contributed by atoms with Crippen LogP contribution in [-0.4, -0.2) is 17.3 Å². The maximum absolute atomic E-state index is 9.80. The van der Waals surface area contributed by atoms with E-state index in [1.165, 1.54) is 19.3 Å². The summed E-state index contributed by atoms with van der Waals surface area (Å²) in [7, 11) is 2.44. The quantitative estimate of drug-likeness (QED) is 0.593. The summed E-state index contributed by atoms with van der Waals surface area (Å²) in [6.45, 7) is 0.720. The zero-order valence-corrected chi connectivity index (χ0v) is 7.42. The van der Waals surface area contributed by atoms with Crippen molar-refractivity contribution in [2.24, 2.45) is 0 Å². The fourth-order valence-corrected chi connectivity index (χ4v) is 1.96. The first kappa shape index (κ1) is 8.45. The van der Waals surface area contributed by atoms with Crippen molar-refractivity contribution in [1.82, 2.24) is 5.09 Å². The third-order valence-corrected chi connectivity index (χ3v) is 2.42. The molecule has 1 fully saturated rings. The average molecular weight is 161 g/mol. The number of aliphatic hydroxyl groups is 1. The van der Waals surface area contributed by atoms with Gasteiger partial charge in [-0.3, -0.25) is 5.09 Å². The second kappa shape index (κ2) is 3.66. The lowest BCUT2D eigenvalue weighted by atomic mass is 9.85. The minimum Gasteiger partial charge on any atom is -0.389 e. The summed E-state index contributed by atoms with van der Waals surface area (Å²) >= 11 is 0. The molecule has 3 heteroatoms. The Labute approximate surface area is 64.7 Å². The van der Waals surface area contributed by atoms with Crippen LogP contribution >= 0.6 is 9.39 Å². The molecule has 0 bridgehead atoms. The SMILES string of the molecule is OC1(CNP)CCCCC1. The van der Waals surface area contributed by atoms with Gasteiger partial charge in [-0.2, -0.15) is 0 Å². The third kappa shape index (κ3) is 2.19. The molecule has 0 aromatic heterocycles. The van der Waals surface area contributed by atoms with E-state index in [9.17, 15) is 5.11 Å². The molecule has 0 amide bonds. The molecule has 1 unspecified atom stereocenters. The third-order valence-electron chi connectivity index (χ3n) is 2.22. The predicted octanol–water partition coefficient (Wildman–Crippen LogP) is 1.06. The minimum atomic E-state index is -0.403. The van der Waals surface area contributed by atoms with Crippen LogP contribution in [0.15, 0.2) is 0 Å². The van der Waals surface area contributed by atoms with Gasteiger partial charge in [0.1, 0.15) is 0 Å². The predicted molar refractivity (Wildman–Crippen MR) is 45.7 cm³/mol. The highest BCUT2D eigenvalue weighted by molar-refractivity contribution is 7.13. The lowest BCUT2D eigenvalue weighted by Gasteiger charge is -2.31. The van der Waals surface area contributed by atoms with Gasteiger partial charge >= 0.3 is 0 Å². The Morgan fingerprint density at radius 2 is 1.90 bits per heavy atom. The highest BCUT2D eigenvalue weighted by Gasteiger charge is 2.27. The highest BCUT2D eigenvalue weighted by atomic mass is 31.0. The fourth-order valence-electron chi connectivity index (χ4n) is 1.58. The summed E-state index contributed by atoms with van der Waals surface area (Å²) in [5.74, 6) is 0. The van der Waals surface area contributed by atoms with Gasteiger partial charge in [0.25, 0.3) is 0 Å². The highest BCUT2D eigenvalue weighted by Crippen LogP contribution is 2.27. The number of rotatable bonds is 2. The monoisotopic (exact) mass is 161 g/mol. The topological polar surface area (TPSA) is 32.3 Å². The van der Waals surface area contributed by atoms with Crippen molar-refractivity contribution in [1.29, 1.82) is 0 Å². The van der Waals surface area contributed by atoms with Gasteiger partial charge in [0, 0.05) is 6.54 Å². The molecule has 60 valence electrons. The largest absolute Gasteiger partial charge is 0.389 e. The molecule has 1 aliphatic rings. The molecule has 0 spiro atoms. The van der Waals surface area contributed by atoms with E-state index in [2.05, 4.69) is 14.5 Å². The van der Waals surface area contributed by atoms with Crippen LogP contribution in [0.4, 0.5) is 0 Å². The standard InChI is InChI=1S/C7H16NOP/c9-7(6-8-10)4-2-1-3-5-7/h8-9H,1-6,10H2. The molecule has 1 aliphatic carbocycles. The first-order valence-electron chi connectivity index (χ1n) is 3.93. The molecule has 0 aromatic rings. The van der Waals surface area contributed by atoms with E-state index in [1.54, 1.807) is 0 Å². The average Bonchev–Trinajstić information content (AvgIpc) is 1.89. The molecule has 1 rings (SSSR count). The molecule has 2 nitrogen and oxygen atoms in total. The Morgan fingerprint density at radius 3 is 2.40 bits per heavy atom. The first-order chi connectivity index (χ1) is 4.77. The summed E-state index contributed by atoms with van der Waals surface area (Å²) < 4.78 is 0. The molecule has 0 aliphatic heterocycles. The molecule has 0 saturated heterocycles. The molecule has 1 atom stereocenters. The maximum Gasteiger partial charge on any atom is 0.0774 e. The second-order valence-corrected chi connectivity index (χ2v) is 3.57. The second-order valence-electron chi connectivity index (χ2n) is 3.17. The lowest BCUT2D eigenvalue weighted by Crippen LogP contribution is -2.39. The lowest BCUT2D eigenvalue weighted by molar-refractivity contribution is 0.00997. The van der Waals surface area contributed by atoms with Crippen LogP contribution in [0.3, 0.4) is 0 Å². The smallest absolute Gasteiger partial charge is 0.0774 e. The Kier molecular flexibility index (Phi) is 3.09. The zero-order chi connectivity index (χ0) is 7.45. The van der Waals surface area contributed by atoms with Crippen LogP contribution in [0.1, 0.15) is 32.1 Å². The van der Waals surface area contributed by atoms with E-state index in [4.69, 9.17) is 0 Å². The van der Waals surface area contributed by atoms with Crippen LogP contribution in [0.2, 0.25) is 0 Å². The van der Waals surface area contributed by atoms with Crippen molar-refractivity contribution in [3.8, 4) is 0 Å². The van der Waals surface area contributed by atoms with Gasteiger partial charge in [-0.15, -0.1) is 0 Å². The number of hydrogen-bond acceptors (Lipinski definition) is 2. The molecule has 0 heterocycles. The van der Waals surface area contributed by atoms with Crippen LogP contribution in [0.25, 0.3) is 0 Å². The fraction of sp³-hybridized carbons (Fsp3) is 1.00. The molecule has 0 radical (unpaired) electrons. The summed E-state index contributed by atoms with van der Waals surface area (Å²) in [5, 5.41) is 12.7. The van der Waals surface area contributed by atoms with Crippen molar-refractivity contribution >= 4 is 9.39 Å². The van der Waals surface area contributed by atoms with Crippen LogP contribution < -0.4 is 5.09 Å². The van der Waals surface area contributed by atoms with Crippen molar-refractivity contribution in [2.45, 2.75) is 37.7 Å². The van der Waals surface area contributed by atoms with E-state index in [0.717, 1.165) is 19.4 Å². The van der Waals surface area contributed by atoms with E-state index in [-0.39, 0.29) is 0 Å². The van der Waals surface area contributed by atoms with E-state index in [1.807, 2.05) is 0 Å². The van der Waals surface area contributed by atoms with Gasteiger partial charge in [-0.25, -0.2) is 0 Å². The van der Waals surface area contributed by atoms with Gasteiger partial charge in [0.05, 0.1) is 5.60 Å². The normalized spacial score (nSPS) is 24.6. The Bertz CT molecular complexity index is 96.3. The van der Waals surface area contributed by atoms with Crippen molar-refractivity contribution < 1.29 is 5.11 Å². The molecular weight excluding hydrogens is 145 g/mol. The number of hydrogen-bond donors (Lipinski definition) is 2. The zero-order valence-electron chi connectivity index (χ0n) is 6.27. The number of nitrogens with one attached hydrogen (secondary N) is 1. The van der Waals surface area contributed by atoms with Crippen LogP contribution in [0.5, 0.6) is 0 Å². The summed E-state index contributed by atoms with van der Waals surface area (Å²) in [4.78, 5) is 0. The van der Waals surface area contributed by atoms with Crippen molar-refractivity contribution in [2.75, 3.05) is 6.54 Å². The van der Waals surface area contributed by atoms with Gasteiger partial charge in [-0.05, 0) is 12.8 Å². The first-order valence-corrected chi connectivity index (χ1v) is 4.50. The molecule has 2 N–H and O–H groups in total. The Balaban J connectivity index is 2.32. The van der Waals surface area contributed by atoms with Gasteiger partial charge in [0.15, 0.2) is 0 Å². The van der Waals surface area contributed by atoms with Crippen LogP contribution in [-0.2, 0) is 0 Å². The minimum absolute atomic E-state index is 0.403. The van der Waals surface area contributed by atoms with Gasteiger partial charge < -0.3 is 5.11 Å². The van der Waals surface area contributed by atoms with Crippen molar-refractivity contribution in [3.05, 3.63) is 0 Å². The summed E-state index contributed by atoms with van der Waals surface area (Å²) in [6, 6.07) is 0. The van der Waals surface area contributed by atoms with E-state index >= 15 is 0 Å². The molecule has 0 aromatic carbocycles. The van der Waals surface area contributed by atoms with E-state index in [0.29, 0.717) is 0 Å². The Hall–Kier alpha value is 0.350. The Morgan fingerprint density at radius 1 is 1.30 bits per heavy atom. The van der Waals surface area contributed by atoms with Crippen LogP contribution in [0, 0.1) is 0 Å². The van der Waals surface area contributed by atoms with Gasteiger partial charge in [-0.1, -0.05) is 28.7 Å². The molecular formula is C7H16NOP. The molecule has 1 saturated carbocycles. The maximum atomic E-state index is 9.80.